The van der Waals surface area contributed by atoms with E-state index in [-0.39, 0.29) is 23.5 Å². The Morgan fingerprint density at radius 1 is 1.33 bits per heavy atom. The predicted octanol–water partition coefficient (Wildman–Crippen LogP) is 1.16. The number of sulfone groups is 1. The summed E-state index contributed by atoms with van der Waals surface area (Å²) in [5.74, 6) is 0.933. The minimum atomic E-state index is -2.86. The molecular weight excluding hydrogens is 370 g/mol. The molecule has 1 unspecified atom stereocenters. The van der Waals surface area contributed by atoms with Crippen molar-refractivity contribution in [1.29, 1.82) is 0 Å². The summed E-state index contributed by atoms with van der Waals surface area (Å²) < 4.78 is 23.2. The van der Waals surface area contributed by atoms with E-state index in [9.17, 15) is 13.2 Å². The maximum atomic E-state index is 12.3. The van der Waals surface area contributed by atoms with Crippen molar-refractivity contribution < 1.29 is 13.2 Å². The van der Waals surface area contributed by atoms with E-state index in [4.69, 9.17) is 11.6 Å². The first-order valence-electron chi connectivity index (χ1n) is 7.90. The molecule has 24 heavy (non-hydrogen) atoms. The molecule has 2 fully saturated rings. The Morgan fingerprint density at radius 2 is 2.08 bits per heavy atom. The van der Waals surface area contributed by atoms with Crippen molar-refractivity contribution in [3.05, 3.63) is 23.4 Å². The van der Waals surface area contributed by atoms with E-state index < -0.39 is 9.84 Å². The molecule has 0 N–H and O–H groups in total. The Kier molecular flexibility index (Phi) is 5.69. The molecule has 3 rings (SSSR count). The molecule has 1 atom stereocenters. The lowest BCUT2D eigenvalue weighted by molar-refractivity contribution is -0.130. The fourth-order valence-corrected chi connectivity index (χ4v) is 5.93. The molecule has 2 aliphatic rings. The number of nitrogens with zero attached hydrogens (tertiary/aromatic N) is 3. The Bertz CT molecular complexity index is 706. The van der Waals surface area contributed by atoms with E-state index in [1.807, 2.05) is 4.90 Å². The van der Waals surface area contributed by atoms with Crippen LogP contribution in [0.5, 0.6) is 0 Å². The summed E-state index contributed by atoms with van der Waals surface area (Å²) in [6.45, 7) is 2.76. The van der Waals surface area contributed by atoms with E-state index in [1.54, 1.807) is 18.3 Å². The molecule has 0 aliphatic carbocycles. The Morgan fingerprint density at radius 3 is 2.71 bits per heavy atom. The zero-order valence-corrected chi connectivity index (χ0v) is 15.6. The summed E-state index contributed by atoms with van der Waals surface area (Å²) in [7, 11) is -2.86. The Balaban J connectivity index is 1.46. The number of pyridine rings is 1. The number of carbonyl (C=O) groups excluding carboxylic acids is 1. The summed E-state index contributed by atoms with van der Waals surface area (Å²) in [6, 6.07) is 3.64. The van der Waals surface area contributed by atoms with Gasteiger partial charge in [-0.05, 0) is 18.6 Å². The van der Waals surface area contributed by atoms with Crippen LogP contribution in [0.4, 0.5) is 0 Å². The summed E-state index contributed by atoms with van der Waals surface area (Å²) in [4.78, 5) is 20.5. The third-order valence-electron chi connectivity index (χ3n) is 4.45. The Hall–Kier alpha value is -0.830. The smallest absolute Gasteiger partial charge is 0.233 e. The lowest BCUT2D eigenvalue weighted by Crippen LogP contribution is -2.52. The van der Waals surface area contributed by atoms with Gasteiger partial charge in [0.25, 0.3) is 0 Å². The number of rotatable bonds is 4. The minimum absolute atomic E-state index is 0.0698. The van der Waals surface area contributed by atoms with Crippen molar-refractivity contribution in [1.82, 2.24) is 14.8 Å². The van der Waals surface area contributed by atoms with Crippen molar-refractivity contribution >= 4 is 39.1 Å². The van der Waals surface area contributed by atoms with Gasteiger partial charge in [-0.1, -0.05) is 23.4 Å². The molecule has 2 aliphatic heterocycles. The van der Waals surface area contributed by atoms with E-state index in [0.29, 0.717) is 35.3 Å². The third-order valence-corrected chi connectivity index (χ3v) is 7.61. The summed E-state index contributed by atoms with van der Waals surface area (Å²) in [6.07, 6.45) is 2.37. The molecule has 0 bridgehead atoms. The second-order valence-electron chi connectivity index (χ2n) is 6.05. The lowest BCUT2D eigenvalue weighted by atomic mass is 10.2. The van der Waals surface area contributed by atoms with Crippen LogP contribution >= 0.6 is 23.4 Å². The van der Waals surface area contributed by atoms with Crippen molar-refractivity contribution in [2.24, 2.45) is 0 Å². The first-order chi connectivity index (χ1) is 11.4. The molecule has 9 heteroatoms. The predicted molar refractivity (Wildman–Crippen MR) is 95.2 cm³/mol. The van der Waals surface area contributed by atoms with Gasteiger partial charge >= 0.3 is 0 Å². The second kappa shape index (κ2) is 7.59. The van der Waals surface area contributed by atoms with Gasteiger partial charge in [-0.15, -0.1) is 0 Å². The molecule has 2 saturated heterocycles. The second-order valence-corrected chi connectivity index (χ2v) is 9.65. The normalized spacial score (nSPS) is 24.2. The highest BCUT2D eigenvalue weighted by atomic mass is 35.5. The molecule has 0 saturated carbocycles. The Labute approximate surface area is 151 Å². The number of thioether (sulfide) groups is 1. The van der Waals surface area contributed by atoms with Crippen molar-refractivity contribution in [3.63, 3.8) is 0 Å². The quantitative estimate of drug-likeness (QED) is 0.719. The van der Waals surface area contributed by atoms with Gasteiger partial charge in [0.1, 0.15) is 5.03 Å². The van der Waals surface area contributed by atoms with Crippen molar-refractivity contribution in [2.45, 2.75) is 17.5 Å². The molecule has 1 aromatic heterocycles. The van der Waals surface area contributed by atoms with Crippen molar-refractivity contribution in [2.75, 3.05) is 43.4 Å². The van der Waals surface area contributed by atoms with Crippen LogP contribution in [-0.2, 0) is 14.6 Å². The highest BCUT2D eigenvalue weighted by Gasteiger charge is 2.34. The fraction of sp³-hybridized carbons (Fsp3) is 0.600. The maximum Gasteiger partial charge on any atom is 0.233 e. The van der Waals surface area contributed by atoms with Gasteiger partial charge in [-0.25, -0.2) is 13.4 Å². The van der Waals surface area contributed by atoms with Gasteiger partial charge in [0.2, 0.25) is 5.91 Å². The van der Waals surface area contributed by atoms with Crippen LogP contribution in [0.15, 0.2) is 23.4 Å². The molecule has 132 valence electrons. The van der Waals surface area contributed by atoms with Gasteiger partial charge < -0.3 is 4.90 Å². The van der Waals surface area contributed by atoms with Crippen LogP contribution in [0.2, 0.25) is 5.02 Å². The highest BCUT2D eigenvalue weighted by Crippen LogP contribution is 2.25. The summed E-state index contributed by atoms with van der Waals surface area (Å²) in [5.41, 5.74) is 0. The zero-order chi connectivity index (χ0) is 17.2. The maximum absolute atomic E-state index is 12.3. The van der Waals surface area contributed by atoms with Gasteiger partial charge in [0.05, 0.1) is 22.3 Å². The molecule has 3 heterocycles. The summed E-state index contributed by atoms with van der Waals surface area (Å²) in [5, 5.41) is 1.23. The van der Waals surface area contributed by atoms with E-state index >= 15 is 0 Å². The molecule has 1 aromatic rings. The van der Waals surface area contributed by atoms with Gasteiger partial charge in [0.15, 0.2) is 9.84 Å². The number of piperazine rings is 1. The lowest BCUT2D eigenvalue weighted by Gasteiger charge is -2.37. The minimum Gasteiger partial charge on any atom is -0.339 e. The van der Waals surface area contributed by atoms with Crippen LogP contribution < -0.4 is 0 Å². The van der Waals surface area contributed by atoms with Gasteiger partial charge in [0, 0.05) is 38.4 Å². The number of carbonyl (C=O) groups is 1. The number of amides is 1. The number of aromatic nitrogens is 1. The standard InChI is InChI=1S/C15H20ClN3O3S2/c16-13-2-1-4-17-15(13)23-10-14(20)19-7-5-18(6-8-19)12-3-9-24(21,22)11-12/h1-2,4,12H,3,5-11H2. The molecule has 0 spiro atoms. The van der Waals surface area contributed by atoms with Gasteiger partial charge in [-0.2, -0.15) is 0 Å². The number of hydrogen-bond donors (Lipinski definition) is 0. The van der Waals surface area contributed by atoms with Crippen LogP contribution in [-0.4, -0.2) is 78.6 Å². The number of halogens is 1. The molecule has 1 amide bonds. The number of hydrogen-bond acceptors (Lipinski definition) is 6. The zero-order valence-electron chi connectivity index (χ0n) is 13.2. The average Bonchev–Trinajstić information content (AvgIpc) is 2.94. The van der Waals surface area contributed by atoms with Crippen LogP contribution in [0, 0.1) is 0 Å². The molecule has 6 nitrogen and oxygen atoms in total. The van der Waals surface area contributed by atoms with Crippen LogP contribution in [0.25, 0.3) is 0 Å². The fourth-order valence-electron chi connectivity index (χ4n) is 3.10. The largest absolute Gasteiger partial charge is 0.339 e. The first kappa shape index (κ1) is 18.0. The topological polar surface area (TPSA) is 70.6 Å². The van der Waals surface area contributed by atoms with Gasteiger partial charge in [-0.3, -0.25) is 9.69 Å². The van der Waals surface area contributed by atoms with Crippen molar-refractivity contribution in [3.8, 4) is 0 Å². The molecule has 0 aromatic carbocycles. The third kappa shape index (κ3) is 4.41. The molecular formula is C15H20ClN3O3S2. The van der Waals surface area contributed by atoms with Crippen LogP contribution in [0.1, 0.15) is 6.42 Å². The van der Waals surface area contributed by atoms with E-state index in [2.05, 4.69) is 9.88 Å². The highest BCUT2D eigenvalue weighted by molar-refractivity contribution is 8.00. The monoisotopic (exact) mass is 389 g/mol. The van der Waals surface area contributed by atoms with E-state index in [0.717, 1.165) is 13.1 Å². The average molecular weight is 390 g/mol. The first-order valence-corrected chi connectivity index (χ1v) is 11.1. The summed E-state index contributed by atoms with van der Waals surface area (Å²) >= 11 is 7.39. The SMILES string of the molecule is O=C(CSc1ncccc1Cl)N1CCN(C2CCS(=O)(=O)C2)CC1. The van der Waals surface area contributed by atoms with E-state index in [1.165, 1.54) is 11.8 Å². The van der Waals surface area contributed by atoms with Crippen LogP contribution in [0.3, 0.4) is 0 Å². The molecule has 0 radical (unpaired) electrons.